The first-order chi connectivity index (χ1) is 30.9. The lowest BCUT2D eigenvalue weighted by Crippen LogP contribution is -2.46. The number of piperidine rings is 3. The summed E-state index contributed by atoms with van der Waals surface area (Å²) in [4.78, 5) is 97.9. The van der Waals surface area contributed by atoms with Gasteiger partial charge in [-0.2, -0.15) is 0 Å². The standard InChI is InChI=1S/C25H36N4O5.C23H33N3O4/c1-18(30)17-34-24(32)14-22(20-4-2-10-27-15-20)28-25(33)21-5-3-13-29(16-21)23(31)7-6-19-8-11-26-12-9-19;27-21(11-10-17-6-2-1-3-7-17)26-13-5-9-19(16-26)23(30)25-20(14-22(28)29)18-8-4-12-24-15-18/h2,4,10,15,19,21-22,26H,3,5-9,11-14,16-17H2,1H3,(H,28,33);4,8,12,15,17,19-20H,1-3,5-7,9-11,13-14,16H2,(H,25,30)(H,28,29)/t21-,22+;19-,20+/m11/s1. The van der Waals surface area contributed by atoms with Crippen LogP contribution in [0.25, 0.3) is 0 Å². The fourth-order valence-corrected chi connectivity index (χ4v) is 9.28. The number of Topliss-reactive ketones (excluding diaryl/α,β-unsaturated/α-hetero) is 1. The van der Waals surface area contributed by atoms with Crippen molar-refractivity contribution in [1.82, 2.24) is 35.7 Å². The highest BCUT2D eigenvalue weighted by molar-refractivity contribution is 5.84. The molecule has 0 unspecified atom stereocenters. The number of pyridine rings is 2. The molecule has 64 heavy (non-hydrogen) atoms. The Hall–Kier alpha value is -5.25. The molecule has 5 heterocycles. The van der Waals surface area contributed by atoms with Crippen molar-refractivity contribution < 1.29 is 43.4 Å². The van der Waals surface area contributed by atoms with E-state index in [2.05, 4.69) is 25.9 Å². The van der Waals surface area contributed by atoms with Crippen LogP contribution in [-0.2, 0) is 38.3 Å². The number of carbonyl (C=O) groups is 7. The molecule has 2 aromatic heterocycles. The fraction of sp³-hybridized carbons (Fsp3) is 0.646. The number of carboxylic acids is 1. The Labute approximate surface area is 377 Å². The number of carbonyl (C=O) groups excluding carboxylic acids is 6. The van der Waals surface area contributed by atoms with Crippen LogP contribution in [-0.4, -0.2) is 112 Å². The first-order valence-electron chi connectivity index (χ1n) is 23.5. The van der Waals surface area contributed by atoms with Gasteiger partial charge in [0.1, 0.15) is 6.61 Å². The van der Waals surface area contributed by atoms with Crippen molar-refractivity contribution in [2.24, 2.45) is 23.7 Å². The van der Waals surface area contributed by atoms with Crippen LogP contribution in [0.3, 0.4) is 0 Å². The molecule has 1 aliphatic carbocycles. The molecule has 6 rings (SSSR count). The predicted octanol–water partition coefficient (Wildman–Crippen LogP) is 5.09. The Morgan fingerprint density at radius 3 is 1.67 bits per heavy atom. The normalized spacial score (nSPS) is 20.4. The molecule has 4 aliphatic rings. The zero-order valence-corrected chi connectivity index (χ0v) is 37.6. The molecule has 350 valence electrons. The van der Waals surface area contributed by atoms with Crippen molar-refractivity contribution in [3.8, 4) is 0 Å². The number of aromatic nitrogens is 2. The van der Waals surface area contributed by atoms with Gasteiger partial charge < -0.3 is 35.6 Å². The van der Waals surface area contributed by atoms with Gasteiger partial charge in [0.05, 0.1) is 36.8 Å². The average molecular weight is 888 g/mol. The lowest BCUT2D eigenvalue weighted by molar-refractivity contribution is -0.148. The minimum absolute atomic E-state index is 0.101. The van der Waals surface area contributed by atoms with Crippen LogP contribution in [0.1, 0.15) is 139 Å². The quantitative estimate of drug-likeness (QED) is 0.144. The molecule has 0 radical (unpaired) electrons. The van der Waals surface area contributed by atoms with E-state index in [1.807, 2.05) is 9.80 Å². The summed E-state index contributed by atoms with van der Waals surface area (Å²) in [5, 5.41) is 18.4. The average Bonchev–Trinajstić information content (AvgIpc) is 3.32. The van der Waals surface area contributed by atoms with Crippen LogP contribution in [0, 0.1) is 23.7 Å². The third-order valence-corrected chi connectivity index (χ3v) is 13.0. The van der Waals surface area contributed by atoms with Gasteiger partial charge >= 0.3 is 11.9 Å². The van der Waals surface area contributed by atoms with Gasteiger partial charge in [0.2, 0.25) is 23.6 Å². The second kappa shape index (κ2) is 26.5. The zero-order chi connectivity index (χ0) is 45.7. The number of hydrogen-bond donors (Lipinski definition) is 4. The van der Waals surface area contributed by atoms with Crippen molar-refractivity contribution in [2.45, 2.75) is 128 Å². The summed E-state index contributed by atoms with van der Waals surface area (Å²) in [7, 11) is 0. The third-order valence-electron chi connectivity index (χ3n) is 13.0. The maximum atomic E-state index is 13.1. The maximum Gasteiger partial charge on any atom is 0.308 e. The minimum Gasteiger partial charge on any atom is -0.481 e. The summed E-state index contributed by atoms with van der Waals surface area (Å²) in [5.74, 6) is -1.27. The summed E-state index contributed by atoms with van der Waals surface area (Å²) in [5.41, 5.74) is 1.35. The first kappa shape index (κ1) is 49.8. The number of amides is 4. The predicted molar refractivity (Wildman–Crippen MR) is 238 cm³/mol. The molecular weight excluding hydrogens is 819 g/mol. The highest BCUT2D eigenvalue weighted by Crippen LogP contribution is 2.29. The molecule has 4 fully saturated rings. The number of likely N-dealkylation sites (tertiary alicyclic amines) is 2. The lowest BCUT2D eigenvalue weighted by atomic mass is 9.86. The maximum absolute atomic E-state index is 13.1. The van der Waals surface area contributed by atoms with Crippen LogP contribution < -0.4 is 16.0 Å². The van der Waals surface area contributed by atoms with Crippen molar-refractivity contribution in [3.63, 3.8) is 0 Å². The summed E-state index contributed by atoms with van der Waals surface area (Å²) < 4.78 is 4.99. The minimum atomic E-state index is -0.979. The molecule has 0 bridgehead atoms. The molecule has 2 aromatic rings. The SMILES string of the molecule is CC(=O)COC(=O)C[C@H](NC(=O)[C@@H]1CCCN(C(=O)CCC2CCNCC2)C1)c1cccnc1.O=C(O)C[C@H](NC(=O)[C@@H]1CCCN(C(=O)CCC2CCCCC2)C1)c1cccnc1. The van der Waals surface area contributed by atoms with Gasteiger partial charge in [-0.15, -0.1) is 0 Å². The van der Waals surface area contributed by atoms with Gasteiger partial charge in [-0.3, -0.25) is 43.5 Å². The van der Waals surface area contributed by atoms with Crippen molar-refractivity contribution >= 4 is 41.4 Å². The van der Waals surface area contributed by atoms with E-state index >= 15 is 0 Å². The summed E-state index contributed by atoms with van der Waals surface area (Å²) >= 11 is 0. The fourth-order valence-electron chi connectivity index (χ4n) is 9.28. The Morgan fingerprint density at radius 1 is 0.703 bits per heavy atom. The molecule has 0 spiro atoms. The first-order valence-corrected chi connectivity index (χ1v) is 23.5. The molecular formula is C48H69N7O9. The van der Waals surface area contributed by atoms with E-state index in [4.69, 9.17) is 4.74 Å². The Bertz CT molecular complexity index is 1820. The van der Waals surface area contributed by atoms with Crippen LogP contribution in [0.4, 0.5) is 0 Å². The van der Waals surface area contributed by atoms with Gasteiger partial charge in [-0.1, -0.05) is 44.2 Å². The van der Waals surface area contributed by atoms with Crippen LogP contribution in [0.15, 0.2) is 49.1 Å². The van der Waals surface area contributed by atoms with Gasteiger partial charge in [0.15, 0.2) is 5.78 Å². The van der Waals surface area contributed by atoms with Gasteiger partial charge in [-0.05, 0) is 106 Å². The highest BCUT2D eigenvalue weighted by Gasteiger charge is 2.32. The van der Waals surface area contributed by atoms with Gasteiger partial charge in [-0.25, -0.2) is 0 Å². The third kappa shape index (κ3) is 17.0. The Balaban J connectivity index is 0.000000243. The Kier molecular flexibility index (Phi) is 20.6. The van der Waals surface area contributed by atoms with Crippen LogP contribution >= 0.6 is 0 Å². The number of esters is 1. The van der Waals surface area contributed by atoms with E-state index in [1.165, 1.54) is 39.0 Å². The van der Waals surface area contributed by atoms with E-state index in [0.29, 0.717) is 74.8 Å². The monoisotopic (exact) mass is 888 g/mol. The molecule has 0 aromatic carbocycles. The molecule has 4 atom stereocenters. The van der Waals surface area contributed by atoms with Crippen molar-refractivity contribution in [3.05, 3.63) is 60.2 Å². The lowest BCUT2D eigenvalue weighted by Gasteiger charge is -2.33. The van der Waals surface area contributed by atoms with Gasteiger partial charge in [0, 0.05) is 63.8 Å². The molecule has 4 amide bonds. The Morgan fingerprint density at radius 2 is 1.20 bits per heavy atom. The number of carboxylic acid groups (broad SMARTS) is 1. The summed E-state index contributed by atoms with van der Waals surface area (Å²) in [6, 6.07) is 5.77. The second-order valence-corrected chi connectivity index (χ2v) is 18.0. The molecule has 16 heteroatoms. The van der Waals surface area contributed by atoms with Crippen molar-refractivity contribution in [1.29, 1.82) is 0 Å². The topological polar surface area (TPSA) is 217 Å². The second-order valence-electron chi connectivity index (χ2n) is 18.0. The van der Waals surface area contributed by atoms with E-state index in [0.717, 1.165) is 51.6 Å². The number of ketones is 1. The largest absolute Gasteiger partial charge is 0.481 e. The number of nitrogens with zero attached hydrogens (tertiary/aromatic N) is 4. The van der Waals surface area contributed by atoms with Crippen LogP contribution in [0.2, 0.25) is 0 Å². The summed E-state index contributed by atoms with van der Waals surface area (Å²) in [6.45, 7) is 5.29. The molecule has 1 saturated carbocycles. The van der Waals surface area contributed by atoms with Crippen molar-refractivity contribution in [2.75, 3.05) is 45.9 Å². The van der Waals surface area contributed by atoms with Crippen LogP contribution in [0.5, 0.6) is 0 Å². The molecule has 4 N–H and O–H groups in total. The number of aliphatic carboxylic acids is 1. The molecule has 16 nitrogen and oxygen atoms in total. The molecule has 3 aliphatic heterocycles. The van der Waals surface area contributed by atoms with E-state index in [-0.39, 0.29) is 60.7 Å². The number of ether oxygens (including phenoxy) is 1. The van der Waals surface area contributed by atoms with E-state index < -0.39 is 24.0 Å². The van der Waals surface area contributed by atoms with Gasteiger partial charge in [0.25, 0.3) is 0 Å². The number of hydrogen-bond acceptors (Lipinski definition) is 11. The highest BCUT2D eigenvalue weighted by atomic mass is 16.5. The molecule has 3 saturated heterocycles. The van der Waals surface area contributed by atoms with E-state index in [1.54, 1.807) is 49.1 Å². The summed E-state index contributed by atoms with van der Waals surface area (Å²) in [6.07, 6.45) is 20.6. The number of rotatable bonds is 18. The number of nitrogens with one attached hydrogen (secondary N) is 3. The van der Waals surface area contributed by atoms with E-state index in [9.17, 15) is 38.7 Å². The zero-order valence-electron chi connectivity index (χ0n) is 37.6. The smallest absolute Gasteiger partial charge is 0.308 e.